The lowest BCUT2D eigenvalue weighted by Crippen LogP contribution is -2.44. The normalized spacial score (nSPS) is 13.3. The summed E-state index contributed by atoms with van der Waals surface area (Å²) in [5.74, 6) is 1.40. The Morgan fingerprint density at radius 3 is 2.60 bits per heavy atom. The topological polar surface area (TPSA) is 107 Å². The van der Waals surface area contributed by atoms with Gasteiger partial charge in [-0.3, -0.25) is 0 Å². The molecule has 0 atom stereocenters. The van der Waals surface area contributed by atoms with Crippen molar-refractivity contribution in [1.29, 1.82) is 0 Å². The van der Waals surface area contributed by atoms with E-state index in [9.17, 15) is 9.59 Å². The first-order chi connectivity index (χ1) is 17.1. The molecule has 1 aliphatic heterocycles. The summed E-state index contributed by atoms with van der Waals surface area (Å²) < 4.78 is 12.5. The van der Waals surface area contributed by atoms with Crippen LogP contribution in [0.25, 0.3) is 11.4 Å². The number of benzene rings is 2. The first-order valence-electron chi connectivity index (χ1n) is 11.3. The van der Waals surface area contributed by atoms with Crippen LogP contribution < -0.4 is 15.4 Å². The van der Waals surface area contributed by atoms with Crippen LogP contribution in [0.4, 0.5) is 4.79 Å². The van der Waals surface area contributed by atoms with Crippen LogP contribution in [0.5, 0.6) is 5.75 Å². The number of carbonyl (C=O) groups excluding carboxylic acids is 2. The molecule has 35 heavy (non-hydrogen) atoms. The first-order valence-corrected chi connectivity index (χ1v) is 12.3. The van der Waals surface area contributed by atoms with E-state index < -0.39 is 5.97 Å². The molecule has 0 saturated heterocycles. The minimum Gasteiger partial charge on any atom is -0.497 e. The van der Waals surface area contributed by atoms with Gasteiger partial charge in [-0.05, 0) is 43.2 Å². The fraction of sp³-hybridized carbons (Fsp3) is 0.280. The molecule has 10 heteroatoms. The van der Waals surface area contributed by atoms with E-state index in [0.717, 1.165) is 23.6 Å². The lowest BCUT2D eigenvalue weighted by molar-refractivity contribution is -0.138. The van der Waals surface area contributed by atoms with Gasteiger partial charge < -0.3 is 24.7 Å². The number of rotatable bonds is 10. The maximum absolute atomic E-state index is 12.4. The molecule has 2 amide bonds. The van der Waals surface area contributed by atoms with Gasteiger partial charge >= 0.3 is 12.0 Å². The summed E-state index contributed by atoms with van der Waals surface area (Å²) in [4.78, 5) is 24.3. The number of hydrogen-bond donors (Lipinski definition) is 2. The minimum atomic E-state index is -0.444. The predicted octanol–water partition coefficient (Wildman–Crippen LogP) is 3.42. The van der Waals surface area contributed by atoms with Crippen LogP contribution in [0.3, 0.4) is 0 Å². The Hall–Kier alpha value is -3.79. The van der Waals surface area contributed by atoms with Gasteiger partial charge in [0.15, 0.2) is 11.0 Å². The highest BCUT2D eigenvalue weighted by Crippen LogP contribution is 2.27. The van der Waals surface area contributed by atoms with Crippen LogP contribution in [-0.4, -0.2) is 52.8 Å². The van der Waals surface area contributed by atoms with Crippen molar-refractivity contribution >= 4 is 23.8 Å². The van der Waals surface area contributed by atoms with Crippen molar-refractivity contribution in [3.8, 4) is 17.1 Å². The maximum atomic E-state index is 12.4. The third kappa shape index (κ3) is 6.02. The van der Waals surface area contributed by atoms with Crippen LogP contribution >= 0.6 is 11.8 Å². The Balaban J connectivity index is 1.61. The summed E-state index contributed by atoms with van der Waals surface area (Å²) in [5, 5.41) is 14.9. The number of nitrogens with zero attached hydrogens (tertiary/aromatic N) is 3. The van der Waals surface area contributed by atoms with E-state index in [4.69, 9.17) is 9.47 Å². The van der Waals surface area contributed by atoms with Gasteiger partial charge in [-0.2, -0.15) is 0 Å². The standard InChI is InChI=1S/C25H27N5O4S/c1-3-34-23(31)20-15-26-24(32)27-21(20)16-35-25-29-28-22(18-9-11-19(33-2)12-10-18)30(25)14-13-17-7-5-4-6-8-17/h4-12H,3,13-16H2,1-2H3,(H2,26,27,32). The van der Waals surface area contributed by atoms with Crippen molar-refractivity contribution in [3.05, 3.63) is 71.4 Å². The number of hydrogen-bond acceptors (Lipinski definition) is 7. The first kappa shape index (κ1) is 24.3. The molecule has 0 radical (unpaired) electrons. The highest BCUT2D eigenvalue weighted by molar-refractivity contribution is 7.99. The molecule has 9 nitrogen and oxygen atoms in total. The van der Waals surface area contributed by atoms with Crippen LogP contribution in [0.15, 0.2) is 71.0 Å². The van der Waals surface area contributed by atoms with Gasteiger partial charge in [0, 0.05) is 23.6 Å². The van der Waals surface area contributed by atoms with Crippen molar-refractivity contribution in [3.63, 3.8) is 0 Å². The van der Waals surface area contributed by atoms with Gasteiger partial charge in [0.05, 0.1) is 25.8 Å². The number of carbonyl (C=O) groups is 2. The second-order valence-electron chi connectivity index (χ2n) is 7.70. The molecule has 0 aliphatic carbocycles. The molecule has 0 fully saturated rings. The Labute approximate surface area is 207 Å². The summed E-state index contributed by atoms with van der Waals surface area (Å²) in [6.45, 7) is 2.80. The molecule has 0 unspecified atom stereocenters. The van der Waals surface area contributed by atoms with Crippen LogP contribution in [0.2, 0.25) is 0 Å². The second-order valence-corrected chi connectivity index (χ2v) is 8.64. The predicted molar refractivity (Wildman–Crippen MR) is 133 cm³/mol. The molecule has 1 aromatic heterocycles. The Morgan fingerprint density at radius 2 is 1.89 bits per heavy atom. The Kier molecular flexibility index (Phi) is 8.04. The molecule has 0 bridgehead atoms. The summed E-state index contributed by atoms with van der Waals surface area (Å²) in [5.41, 5.74) is 3.04. The van der Waals surface area contributed by atoms with Crippen molar-refractivity contribution in [2.24, 2.45) is 0 Å². The number of esters is 1. The molecule has 4 rings (SSSR count). The average molecular weight is 494 g/mol. The summed E-state index contributed by atoms with van der Waals surface area (Å²) in [6.07, 6.45) is 0.799. The van der Waals surface area contributed by atoms with Gasteiger partial charge in [-0.1, -0.05) is 42.1 Å². The van der Waals surface area contributed by atoms with Crippen molar-refractivity contribution < 1.29 is 19.1 Å². The number of ether oxygens (including phenoxy) is 2. The molecule has 3 aromatic rings. The van der Waals surface area contributed by atoms with Gasteiger partial charge in [-0.25, -0.2) is 9.59 Å². The minimum absolute atomic E-state index is 0.123. The van der Waals surface area contributed by atoms with E-state index >= 15 is 0 Å². The lowest BCUT2D eigenvalue weighted by Gasteiger charge is -2.21. The van der Waals surface area contributed by atoms with Gasteiger partial charge in [-0.15, -0.1) is 10.2 Å². The van der Waals surface area contributed by atoms with E-state index in [1.54, 1.807) is 14.0 Å². The maximum Gasteiger partial charge on any atom is 0.337 e. The van der Waals surface area contributed by atoms with Crippen molar-refractivity contribution in [2.75, 3.05) is 26.0 Å². The number of methoxy groups -OCH3 is 1. The van der Waals surface area contributed by atoms with E-state index in [0.29, 0.717) is 28.7 Å². The highest BCUT2D eigenvalue weighted by atomic mass is 32.2. The third-order valence-electron chi connectivity index (χ3n) is 5.45. The summed E-state index contributed by atoms with van der Waals surface area (Å²) in [7, 11) is 1.63. The Bertz CT molecular complexity index is 1210. The van der Waals surface area contributed by atoms with E-state index in [1.807, 2.05) is 42.5 Å². The number of aromatic nitrogens is 3. The smallest absolute Gasteiger partial charge is 0.337 e. The van der Waals surface area contributed by atoms with Gasteiger partial charge in [0.2, 0.25) is 0 Å². The van der Waals surface area contributed by atoms with Crippen LogP contribution in [-0.2, 0) is 22.5 Å². The quantitative estimate of drug-likeness (QED) is 0.329. The van der Waals surface area contributed by atoms with E-state index in [-0.39, 0.29) is 19.2 Å². The van der Waals surface area contributed by atoms with Crippen LogP contribution in [0, 0.1) is 0 Å². The zero-order valence-electron chi connectivity index (χ0n) is 19.6. The number of thioether (sulfide) groups is 1. The zero-order valence-corrected chi connectivity index (χ0v) is 20.4. The monoisotopic (exact) mass is 493 g/mol. The number of nitrogens with one attached hydrogen (secondary N) is 2. The SMILES string of the molecule is CCOC(=O)C1=C(CSc2nnc(-c3ccc(OC)cc3)n2CCc2ccccc2)NC(=O)NC1. The fourth-order valence-corrected chi connectivity index (χ4v) is 4.59. The number of aryl methyl sites for hydroxylation is 1. The molecular weight excluding hydrogens is 466 g/mol. The van der Waals surface area contributed by atoms with Crippen LogP contribution in [0.1, 0.15) is 12.5 Å². The van der Waals surface area contributed by atoms with Crippen molar-refractivity contribution in [2.45, 2.75) is 25.0 Å². The molecular formula is C25H27N5O4S. The summed E-state index contributed by atoms with van der Waals surface area (Å²) in [6, 6.07) is 17.5. The summed E-state index contributed by atoms with van der Waals surface area (Å²) >= 11 is 1.41. The molecule has 2 heterocycles. The molecule has 0 saturated carbocycles. The molecule has 2 N–H and O–H groups in total. The molecule has 182 valence electrons. The number of amides is 2. The van der Waals surface area contributed by atoms with E-state index in [1.165, 1.54) is 17.3 Å². The molecule has 1 aliphatic rings. The zero-order chi connectivity index (χ0) is 24.6. The average Bonchev–Trinajstić information content (AvgIpc) is 3.29. The molecule has 0 spiro atoms. The fourth-order valence-electron chi connectivity index (χ4n) is 3.64. The van der Waals surface area contributed by atoms with Gasteiger partial charge in [0.25, 0.3) is 0 Å². The largest absolute Gasteiger partial charge is 0.497 e. The third-order valence-corrected chi connectivity index (χ3v) is 6.45. The Morgan fingerprint density at radius 1 is 1.11 bits per heavy atom. The molecule has 2 aromatic carbocycles. The second kappa shape index (κ2) is 11.6. The van der Waals surface area contributed by atoms with E-state index in [2.05, 4.69) is 37.5 Å². The number of urea groups is 1. The lowest BCUT2D eigenvalue weighted by atomic mass is 10.1. The highest BCUT2D eigenvalue weighted by Gasteiger charge is 2.24. The van der Waals surface area contributed by atoms with Gasteiger partial charge in [0.1, 0.15) is 5.75 Å². The van der Waals surface area contributed by atoms with Crippen molar-refractivity contribution in [1.82, 2.24) is 25.4 Å².